The van der Waals surface area contributed by atoms with Crippen LogP contribution in [0.15, 0.2) is 0 Å². The van der Waals surface area contributed by atoms with Gasteiger partial charge in [-0.2, -0.15) is 0 Å². The molecule has 1 fully saturated rings. The number of nitrogens with zero attached hydrogens (tertiary/aromatic N) is 3. The molecule has 8 heteroatoms. The predicted molar refractivity (Wildman–Crippen MR) is 94.4 cm³/mol. The highest BCUT2D eigenvalue weighted by Gasteiger charge is 2.21. The zero-order chi connectivity index (χ0) is 14.5. The van der Waals surface area contributed by atoms with Crippen molar-refractivity contribution in [3.05, 3.63) is 11.6 Å². The Bertz CT molecular complexity index is 488. The summed E-state index contributed by atoms with van der Waals surface area (Å²) in [4.78, 5) is 11.9. The summed E-state index contributed by atoms with van der Waals surface area (Å²) in [5, 5.41) is 14.9. The topological polar surface area (TPSA) is 71.8 Å². The second-order valence-corrected chi connectivity index (χ2v) is 6.04. The quantitative estimate of drug-likeness (QED) is 0.780. The van der Waals surface area contributed by atoms with Gasteiger partial charge in [0.15, 0.2) is 0 Å². The summed E-state index contributed by atoms with van der Waals surface area (Å²) >= 11 is 0. The molecule has 0 saturated carbocycles. The number of rotatable bonds is 5. The van der Waals surface area contributed by atoms with Crippen molar-refractivity contribution in [2.24, 2.45) is 0 Å². The van der Waals surface area contributed by atoms with Crippen LogP contribution in [-0.2, 0) is 24.2 Å². The molecule has 2 N–H and O–H groups in total. The highest BCUT2D eigenvalue weighted by atomic mass is 35.5. The maximum Gasteiger partial charge on any atom is 0.237 e. The second kappa shape index (κ2) is 10.1. The zero-order valence-electron chi connectivity index (χ0n) is 13.4. The molecular weight excluding hydrogens is 337 g/mol. The number of carbonyl (C=O) groups is 1. The number of hydrogen-bond donors (Lipinski definition) is 2. The van der Waals surface area contributed by atoms with E-state index in [0.29, 0.717) is 0 Å². The van der Waals surface area contributed by atoms with Crippen molar-refractivity contribution in [3.63, 3.8) is 0 Å². The first-order valence-corrected chi connectivity index (χ1v) is 8.26. The summed E-state index contributed by atoms with van der Waals surface area (Å²) in [5.41, 5.74) is 0. The van der Waals surface area contributed by atoms with E-state index in [9.17, 15) is 4.79 Å². The van der Waals surface area contributed by atoms with Crippen molar-refractivity contribution in [2.45, 2.75) is 64.0 Å². The molecule has 2 aliphatic heterocycles. The molecule has 23 heavy (non-hydrogen) atoms. The Balaban J connectivity index is 0.00000132. The van der Waals surface area contributed by atoms with Crippen LogP contribution in [-0.4, -0.2) is 39.8 Å². The third-order valence-corrected chi connectivity index (χ3v) is 4.44. The number of aromatic nitrogens is 3. The molecule has 0 aromatic carbocycles. The summed E-state index contributed by atoms with van der Waals surface area (Å²) < 4.78 is 2.29. The summed E-state index contributed by atoms with van der Waals surface area (Å²) in [7, 11) is 0. The molecule has 0 radical (unpaired) electrons. The molecule has 1 aromatic rings. The summed E-state index contributed by atoms with van der Waals surface area (Å²) in [6, 6.07) is 0.0226. The molecule has 0 unspecified atom stereocenters. The average molecular weight is 364 g/mol. The van der Waals surface area contributed by atoms with Gasteiger partial charge in [-0.1, -0.05) is 6.42 Å². The van der Waals surface area contributed by atoms with E-state index in [-0.39, 0.29) is 36.8 Å². The van der Waals surface area contributed by atoms with Crippen molar-refractivity contribution in [3.8, 4) is 0 Å². The van der Waals surface area contributed by atoms with Gasteiger partial charge in [0.25, 0.3) is 0 Å². The van der Waals surface area contributed by atoms with Gasteiger partial charge in [-0.25, -0.2) is 0 Å². The fourth-order valence-corrected chi connectivity index (χ4v) is 3.22. The SMILES string of the molecule is Cl.Cl.O=C(NCCCc1nnc2n1CCCCC2)[C@@H]1CCCN1. The van der Waals surface area contributed by atoms with Crippen molar-refractivity contribution < 1.29 is 4.79 Å². The predicted octanol–water partition coefficient (Wildman–Crippen LogP) is 1.65. The van der Waals surface area contributed by atoms with Crippen LogP contribution in [0, 0.1) is 0 Å². The fraction of sp³-hybridized carbons (Fsp3) is 0.800. The van der Waals surface area contributed by atoms with Gasteiger partial charge in [0.2, 0.25) is 5.91 Å². The van der Waals surface area contributed by atoms with Gasteiger partial charge in [0, 0.05) is 25.9 Å². The second-order valence-electron chi connectivity index (χ2n) is 6.04. The number of amides is 1. The van der Waals surface area contributed by atoms with Gasteiger partial charge in [0.05, 0.1) is 6.04 Å². The molecule has 6 nitrogen and oxygen atoms in total. The first-order chi connectivity index (χ1) is 10.3. The maximum atomic E-state index is 11.9. The third kappa shape index (κ3) is 5.33. The van der Waals surface area contributed by atoms with Crippen molar-refractivity contribution in [1.29, 1.82) is 0 Å². The van der Waals surface area contributed by atoms with Crippen molar-refractivity contribution in [1.82, 2.24) is 25.4 Å². The Kier molecular flexibility index (Phi) is 8.87. The van der Waals surface area contributed by atoms with Crippen LogP contribution in [0.4, 0.5) is 0 Å². The average Bonchev–Trinajstić information content (AvgIpc) is 3.09. The molecule has 1 aromatic heterocycles. The number of nitrogens with one attached hydrogen (secondary N) is 2. The van der Waals surface area contributed by atoms with E-state index in [2.05, 4.69) is 25.4 Å². The van der Waals surface area contributed by atoms with E-state index in [1.54, 1.807) is 0 Å². The lowest BCUT2D eigenvalue weighted by Gasteiger charge is -2.11. The van der Waals surface area contributed by atoms with E-state index in [0.717, 1.165) is 63.4 Å². The monoisotopic (exact) mass is 363 g/mol. The molecule has 2 aliphatic rings. The van der Waals surface area contributed by atoms with Gasteiger partial charge in [0.1, 0.15) is 11.6 Å². The summed E-state index contributed by atoms with van der Waals surface area (Å²) in [6.45, 7) is 2.74. The molecule has 0 bridgehead atoms. The number of aryl methyl sites for hydroxylation is 2. The van der Waals surface area contributed by atoms with Gasteiger partial charge in [-0.15, -0.1) is 35.0 Å². The number of fused-ring (bicyclic) bond motifs is 1. The first-order valence-electron chi connectivity index (χ1n) is 8.26. The Morgan fingerprint density at radius 3 is 2.87 bits per heavy atom. The normalized spacial score (nSPS) is 19.9. The van der Waals surface area contributed by atoms with Gasteiger partial charge in [-0.3, -0.25) is 4.79 Å². The smallest absolute Gasteiger partial charge is 0.237 e. The van der Waals surface area contributed by atoms with Crippen LogP contribution >= 0.6 is 24.8 Å². The standard InChI is InChI=1S/C15H25N5O.2ClH/c21-15(12-6-4-9-16-12)17-10-5-8-14-19-18-13-7-2-1-3-11-20(13)14;;/h12,16H,1-11H2,(H,17,21);2*1H/t12-;;/m0../s1. The molecule has 0 aliphatic carbocycles. The lowest BCUT2D eigenvalue weighted by molar-refractivity contribution is -0.122. The molecule has 0 spiro atoms. The van der Waals surface area contributed by atoms with E-state index >= 15 is 0 Å². The first kappa shape index (κ1) is 20.2. The minimum Gasteiger partial charge on any atom is -0.355 e. The lowest BCUT2D eigenvalue weighted by Crippen LogP contribution is -2.40. The van der Waals surface area contributed by atoms with Crippen LogP contribution in [0.5, 0.6) is 0 Å². The van der Waals surface area contributed by atoms with Gasteiger partial charge >= 0.3 is 0 Å². The van der Waals surface area contributed by atoms with Crippen LogP contribution in [0.1, 0.15) is 50.2 Å². The third-order valence-electron chi connectivity index (χ3n) is 4.44. The molecule has 3 heterocycles. The largest absolute Gasteiger partial charge is 0.355 e. The van der Waals surface area contributed by atoms with Crippen molar-refractivity contribution in [2.75, 3.05) is 13.1 Å². The Morgan fingerprint density at radius 1 is 1.22 bits per heavy atom. The minimum absolute atomic E-state index is 0. The molecule has 1 amide bonds. The maximum absolute atomic E-state index is 11.9. The van der Waals surface area contributed by atoms with Crippen LogP contribution < -0.4 is 10.6 Å². The van der Waals surface area contributed by atoms with Crippen LogP contribution in [0.25, 0.3) is 0 Å². The molecular formula is C15H27Cl2N5O. The van der Waals surface area contributed by atoms with Gasteiger partial charge < -0.3 is 15.2 Å². The minimum atomic E-state index is 0. The fourth-order valence-electron chi connectivity index (χ4n) is 3.22. The molecule has 132 valence electrons. The van der Waals surface area contributed by atoms with Crippen LogP contribution in [0.3, 0.4) is 0 Å². The number of carbonyl (C=O) groups excluding carboxylic acids is 1. The van der Waals surface area contributed by atoms with E-state index < -0.39 is 0 Å². The van der Waals surface area contributed by atoms with E-state index in [4.69, 9.17) is 0 Å². The molecule has 3 rings (SSSR count). The van der Waals surface area contributed by atoms with Crippen molar-refractivity contribution >= 4 is 30.7 Å². The molecule has 1 atom stereocenters. The Morgan fingerprint density at radius 2 is 2.09 bits per heavy atom. The summed E-state index contributed by atoms with van der Waals surface area (Å²) in [6.07, 6.45) is 8.67. The lowest BCUT2D eigenvalue weighted by atomic mass is 10.2. The summed E-state index contributed by atoms with van der Waals surface area (Å²) in [5.74, 6) is 2.37. The molecule has 1 saturated heterocycles. The highest BCUT2D eigenvalue weighted by Crippen LogP contribution is 2.15. The van der Waals surface area contributed by atoms with Gasteiger partial charge in [-0.05, 0) is 38.6 Å². The number of hydrogen-bond acceptors (Lipinski definition) is 4. The Labute approximate surface area is 150 Å². The zero-order valence-corrected chi connectivity index (χ0v) is 15.1. The Hall–Kier alpha value is -0.850. The van der Waals surface area contributed by atoms with E-state index in [1.165, 1.54) is 19.3 Å². The van der Waals surface area contributed by atoms with E-state index in [1.807, 2.05) is 0 Å². The number of halogens is 2. The highest BCUT2D eigenvalue weighted by molar-refractivity contribution is 5.85. The van der Waals surface area contributed by atoms with Crippen LogP contribution in [0.2, 0.25) is 0 Å².